The number of alkyl halides is 1. The van der Waals surface area contributed by atoms with Crippen molar-refractivity contribution in [2.45, 2.75) is 77.9 Å². The maximum Gasteiger partial charge on any atom is 0.410 e. The minimum atomic E-state index is -1.03. The molecule has 2 aromatic carbocycles. The maximum atomic E-state index is 14.9. The van der Waals surface area contributed by atoms with E-state index in [2.05, 4.69) is 11.0 Å². The summed E-state index contributed by atoms with van der Waals surface area (Å²) in [5.74, 6) is -1.19. The number of hydrogen-bond acceptors (Lipinski definition) is 5. The molecule has 3 aliphatic heterocycles. The average molecular weight is 631 g/mol. The number of carbonyl (C=O) groups is 3. The fourth-order valence-corrected chi connectivity index (χ4v) is 7.05. The van der Waals surface area contributed by atoms with Crippen molar-refractivity contribution in [3.8, 4) is 11.3 Å². The Morgan fingerprint density at radius 3 is 2.37 bits per heavy atom. The second-order valence-electron chi connectivity index (χ2n) is 13.9. The third kappa shape index (κ3) is 6.27. The third-order valence-corrected chi connectivity index (χ3v) is 9.58. The molecular formula is C36H43FN4O5. The standard InChI is InChI=1S/C36H43FN4O5/c1-22-29(34(43)44)17-32(38(22)5)30-15-24-10-13-40(35(45)46-36(2,3)4)18-26(24)16-31(30)33(42)41-19-25-9-7-6-8-23(25)14-28(41)21-39-12-11-27(37)20-39/h6-9,15-17,27-28H,10-14,18-21H2,1-5H3,(H,43,44)/t27-,28+/m1/s1. The molecule has 2 atom stereocenters. The van der Waals surface area contributed by atoms with Crippen molar-refractivity contribution >= 4 is 18.0 Å². The van der Waals surface area contributed by atoms with E-state index in [4.69, 9.17) is 4.74 Å². The molecule has 244 valence electrons. The van der Waals surface area contributed by atoms with Crippen LogP contribution in [0.5, 0.6) is 0 Å². The molecule has 0 saturated carbocycles. The van der Waals surface area contributed by atoms with E-state index in [1.807, 2.05) is 67.6 Å². The Kier molecular flexibility index (Phi) is 8.43. The van der Waals surface area contributed by atoms with Gasteiger partial charge in [-0.25, -0.2) is 14.0 Å². The van der Waals surface area contributed by atoms with E-state index in [1.54, 1.807) is 17.9 Å². The molecule has 1 aromatic heterocycles. The predicted octanol–water partition coefficient (Wildman–Crippen LogP) is 5.60. The van der Waals surface area contributed by atoms with E-state index in [9.17, 15) is 23.9 Å². The molecule has 0 aliphatic carbocycles. The van der Waals surface area contributed by atoms with Gasteiger partial charge in [-0.15, -0.1) is 0 Å². The van der Waals surface area contributed by atoms with Gasteiger partial charge in [0.15, 0.2) is 0 Å². The van der Waals surface area contributed by atoms with Gasteiger partial charge in [-0.1, -0.05) is 24.3 Å². The van der Waals surface area contributed by atoms with Crippen molar-refractivity contribution < 1.29 is 28.6 Å². The lowest BCUT2D eigenvalue weighted by molar-refractivity contribution is 0.0223. The fourth-order valence-electron chi connectivity index (χ4n) is 7.05. The summed E-state index contributed by atoms with van der Waals surface area (Å²) in [7, 11) is 1.82. The number of fused-ring (bicyclic) bond motifs is 2. The highest BCUT2D eigenvalue weighted by atomic mass is 19.1. The van der Waals surface area contributed by atoms with Crippen LogP contribution in [0.15, 0.2) is 42.5 Å². The van der Waals surface area contributed by atoms with Crippen molar-refractivity contribution in [3.05, 3.63) is 81.5 Å². The number of nitrogens with zero attached hydrogens (tertiary/aromatic N) is 4. The van der Waals surface area contributed by atoms with Crippen molar-refractivity contribution in [3.63, 3.8) is 0 Å². The first-order chi connectivity index (χ1) is 21.8. The van der Waals surface area contributed by atoms with Gasteiger partial charge in [-0.3, -0.25) is 9.69 Å². The van der Waals surface area contributed by atoms with E-state index in [-0.39, 0.29) is 17.5 Å². The van der Waals surface area contributed by atoms with Crippen LogP contribution in [-0.4, -0.2) is 86.3 Å². The maximum absolute atomic E-state index is 14.9. The summed E-state index contributed by atoms with van der Waals surface area (Å²) >= 11 is 0. The van der Waals surface area contributed by atoms with Crippen LogP contribution in [0.1, 0.15) is 75.9 Å². The van der Waals surface area contributed by atoms with E-state index in [1.165, 1.54) is 5.56 Å². The lowest BCUT2D eigenvalue weighted by Crippen LogP contribution is -2.50. The molecule has 6 rings (SSSR count). The summed E-state index contributed by atoms with van der Waals surface area (Å²) in [6, 6.07) is 13.5. The van der Waals surface area contributed by atoms with E-state index < -0.39 is 23.8 Å². The van der Waals surface area contributed by atoms with Crippen molar-refractivity contribution in [2.24, 2.45) is 7.05 Å². The summed E-state index contributed by atoms with van der Waals surface area (Å²) in [5, 5.41) is 9.90. The van der Waals surface area contributed by atoms with Crippen LogP contribution in [0.3, 0.4) is 0 Å². The molecule has 3 aliphatic rings. The first-order valence-electron chi connectivity index (χ1n) is 16.1. The number of halogens is 1. The molecule has 2 amide bonds. The molecule has 0 radical (unpaired) electrons. The number of aromatic carboxylic acids is 1. The molecule has 0 bridgehead atoms. The number of carboxylic acid groups (broad SMARTS) is 1. The summed E-state index contributed by atoms with van der Waals surface area (Å²) in [6.45, 7) is 10.0. The number of ether oxygens (including phenoxy) is 1. The van der Waals surface area contributed by atoms with Gasteiger partial charge in [0.2, 0.25) is 0 Å². The van der Waals surface area contributed by atoms with Gasteiger partial charge in [0.1, 0.15) is 11.8 Å². The molecule has 0 spiro atoms. The number of carboxylic acids is 1. The monoisotopic (exact) mass is 630 g/mol. The van der Waals surface area contributed by atoms with Crippen LogP contribution in [0.4, 0.5) is 9.18 Å². The molecule has 46 heavy (non-hydrogen) atoms. The van der Waals surface area contributed by atoms with E-state index in [0.29, 0.717) is 81.0 Å². The summed E-state index contributed by atoms with van der Waals surface area (Å²) in [5.41, 5.74) is 6.04. The van der Waals surface area contributed by atoms with Crippen molar-refractivity contribution in [2.75, 3.05) is 26.2 Å². The average Bonchev–Trinajstić information content (AvgIpc) is 3.55. The second kappa shape index (κ2) is 12.2. The summed E-state index contributed by atoms with van der Waals surface area (Å²) < 4.78 is 21.7. The summed E-state index contributed by atoms with van der Waals surface area (Å²) in [6.07, 6.45) is 0.478. The zero-order chi connectivity index (χ0) is 32.9. The zero-order valence-corrected chi connectivity index (χ0v) is 27.3. The number of likely N-dealkylation sites (tertiary alicyclic amines) is 1. The highest BCUT2D eigenvalue weighted by Gasteiger charge is 2.36. The first kappa shape index (κ1) is 31.8. The van der Waals surface area contributed by atoms with Gasteiger partial charge in [-0.2, -0.15) is 0 Å². The normalized spacial score (nSPS) is 20.0. The Labute approximate surface area is 269 Å². The first-order valence-corrected chi connectivity index (χ1v) is 16.1. The Balaban J connectivity index is 1.43. The van der Waals surface area contributed by atoms with Crippen LogP contribution in [-0.2, 0) is 37.7 Å². The molecular weight excluding hydrogens is 587 g/mol. The van der Waals surface area contributed by atoms with Gasteiger partial charge >= 0.3 is 12.1 Å². The Morgan fingerprint density at radius 1 is 0.978 bits per heavy atom. The topological polar surface area (TPSA) is 95.3 Å². The Bertz CT molecular complexity index is 1690. The predicted molar refractivity (Wildman–Crippen MR) is 173 cm³/mol. The molecule has 10 heteroatoms. The van der Waals surface area contributed by atoms with Crippen LogP contribution >= 0.6 is 0 Å². The molecule has 3 aromatic rings. The molecule has 0 unspecified atom stereocenters. The van der Waals surface area contributed by atoms with Crippen molar-refractivity contribution in [1.82, 2.24) is 19.3 Å². The lowest BCUT2D eigenvalue weighted by atomic mass is 9.89. The molecule has 1 fully saturated rings. The van der Waals surface area contributed by atoms with E-state index >= 15 is 0 Å². The van der Waals surface area contributed by atoms with Gasteiger partial charge in [0, 0.05) is 74.9 Å². The minimum absolute atomic E-state index is 0.167. The number of amides is 2. The minimum Gasteiger partial charge on any atom is -0.478 e. The van der Waals surface area contributed by atoms with Crippen LogP contribution in [0, 0.1) is 6.92 Å². The second-order valence-corrected chi connectivity index (χ2v) is 13.9. The van der Waals surface area contributed by atoms with Crippen LogP contribution in [0.2, 0.25) is 0 Å². The Morgan fingerprint density at radius 2 is 1.72 bits per heavy atom. The van der Waals surface area contributed by atoms with Crippen LogP contribution in [0.25, 0.3) is 11.3 Å². The highest BCUT2D eigenvalue weighted by Crippen LogP contribution is 2.36. The quantitative estimate of drug-likeness (QED) is 0.394. The third-order valence-electron chi connectivity index (χ3n) is 9.58. The molecule has 4 heterocycles. The molecule has 1 N–H and O–H groups in total. The number of aromatic nitrogens is 1. The smallest absolute Gasteiger partial charge is 0.410 e. The summed E-state index contributed by atoms with van der Waals surface area (Å²) in [4.78, 5) is 45.7. The van der Waals surface area contributed by atoms with Gasteiger partial charge in [0.05, 0.1) is 5.56 Å². The van der Waals surface area contributed by atoms with Gasteiger partial charge in [0.25, 0.3) is 5.91 Å². The number of carbonyl (C=O) groups excluding carboxylic acids is 2. The van der Waals surface area contributed by atoms with Gasteiger partial charge in [-0.05, 0) is 87.4 Å². The molecule has 9 nitrogen and oxygen atoms in total. The highest BCUT2D eigenvalue weighted by molar-refractivity contribution is 6.02. The van der Waals surface area contributed by atoms with Crippen molar-refractivity contribution in [1.29, 1.82) is 0 Å². The number of hydrogen-bond donors (Lipinski definition) is 1. The Hall–Kier alpha value is -4.18. The number of benzene rings is 2. The zero-order valence-electron chi connectivity index (χ0n) is 27.3. The largest absolute Gasteiger partial charge is 0.478 e. The fraction of sp³-hybridized carbons (Fsp3) is 0.472. The SMILES string of the molecule is Cc1c(C(=O)O)cc(-c2cc3c(cc2C(=O)N2Cc4ccccc4C[C@H]2CN2CC[C@@H](F)C2)CN(C(=O)OC(C)(C)C)CC3)n1C. The van der Waals surface area contributed by atoms with E-state index in [0.717, 1.165) is 16.7 Å². The molecule has 1 saturated heterocycles. The van der Waals surface area contributed by atoms with Crippen LogP contribution < -0.4 is 0 Å². The lowest BCUT2D eigenvalue weighted by Gasteiger charge is -2.39. The van der Waals surface area contributed by atoms with Gasteiger partial charge < -0.3 is 24.2 Å². The number of rotatable bonds is 5.